The number of likely N-dealkylation sites (tertiary alicyclic amines) is 1. The largest absolute Gasteiger partial charge is 0.450 e. The number of rotatable bonds is 2. The highest BCUT2D eigenvalue weighted by molar-refractivity contribution is 8.13. The number of carbonyl (C=O) groups is 1. The number of carbonyl (C=O) groups excluding carboxylic acids is 1. The molecular weight excluding hydrogens is 252 g/mol. The van der Waals surface area contributed by atoms with Gasteiger partial charge in [0.15, 0.2) is 11.4 Å². The summed E-state index contributed by atoms with van der Waals surface area (Å²) in [6, 6.07) is 0.166. The lowest BCUT2D eigenvalue weighted by Gasteiger charge is -2.29. The summed E-state index contributed by atoms with van der Waals surface area (Å²) in [6.45, 7) is 3.51. The molecule has 0 spiro atoms. The molecule has 18 heavy (non-hydrogen) atoms. The number of thioether (sulfide) groups is 1. The van der Waals surface area contributed by atoms with E-state index in [9.17, 15) is 4.79 Å². The Hall–Kier alpha value is -1.42. The van der Waals surface area contributed by atoms with E-state index in [0.29, 0.717) is 24.9 Å². The molecule has 1 N–H and O–H groups in total. The minimum Gasteiger partial charge on any atom is -0.450 e. The van der Waals surface area contributed by atoms with E-state index < -0.39 is 0 Å². The molecule has 1 rings (SSSR count). The quantitative estimate of drug-likeness (QED) is 0.355. The molecule has 6 nitrogen and oxygen atoms in total. The number of nitriles is 1. The van der Waals surface area contributed by atoms with Crippen LogP contribution in [0.4, 0.5) is 4.79 Å². The Labute approximate surface area is 111 Å². The first-order valence-corrected chi connectivity index (χ1v) is 7.12. The van der Waals surface area contributed by atoms with Crippen LogP contribution in [0.3, 0.4) is 0 Å². The van der Waals surface area contributed by atoms with Crippen molar-refractivity contribution in [3.63, 3.8) is 0 Å². The van der Waals surface area contributed by atoms with Crippen LogP contribution in [0.1, 0.15) is 19.8 Å². The molecule has 1 heterocycles. The van der Waals surface area contributed by atoms with Crippen LogP contribution in [-0.2, 0) is 4.74 Å². The van der Waals surface area contributed by atoms with Gasteiger partial charge in [0.05, 0.1) is 12.6 Å². The first-order valence-electron chi connectivity index (χ1n) is 5.89. The van der Waals surface area contributed by atoms with Crippen LogP contribution in [0, 0.1) is 11.5 Å². The smallest absolute Gasteiger partial charge is 0.409 e. The van der Waals surface area contributed by atoms with Crippen molar-refractivity contribution in [2.75, 3.05) is 26.0 Å². The Morgan fingerprint density at radius 3 is 2.78 bits per heavy atom. The average Bonchev–Trinajstić information content (AvgIpc) is 2.39. The molecule has 1 saturated heterocycles. The molecular formula is C11H18N4O2S. The molecule has 0 radical (unpaired) electrons. The van der Waals surface area contributed by atoms with Crippen molar-refractivity contribution >= 4 is 23.0 Å². The predicted molar refractivity (Wildman–Crippen MR) is 71.3 cm³/mol. The van der Waals surface area contributed by atoms with E-state index in [1.165, 1.54) is 11.8 Å². The highest BCUT2D eigenvalue weighted by Gasteiger charge is 2.23. The third-order valence-corrected chi connectivity index (χ3v) is 3.24. The molecule has 0 bridgehead atoms. The number of nitrogens with zero attached hydrogens (tertiary/aromatic N) is 3. The standard InChI is InChI=1S/C11H18N4O2S/c1-3-17-11(16)15-6-4-9(5-7-15)14-10(18-2)13-8-12/h9H,3-7H2,1-2H3,(H,13,14). The van der Waals surface area contributed by atoms with Crippen LogP contribution in [-0.4, -0.2) is 48.2 Å². The zero-order valence-corrected chi connectivity index (χ0v) is 11.5. The van der Waals surface area contributed by atoms with Gasteiger partial charge in [-0.25, -0.2) is 4.79 Å². The van der Waals surface area contributed by atoms with Gasteiger partial charge < -0.3 is 9.64 Å². The Bertz CT molecular complexity index is 345. The van der Waals surface area contributed by atoms with Gasteiger partial charge in [-0.1, -0.05) is 11.8 Å². The van der Waals surface area contributed by atoms with E-state index in [0.717, 1.165) is 12.8 Å². The zero-order valence-electron chi connectivity index (χ0n) is 10.7. The summed E-state index contributed by atoms with van der Waals surface area (Å²) < 4.78 is 4.95. The lowest BCUT2D eigenvalue weighted by Crippen LogP contribution is -2.40. The van der Waals surface area contributed by atoms with Gasteiger partial charge in [0.25, 0.3) is 0 Å². The van der Waals surface area contributed by atoms with Crippen molar-refractivity contribution in [1.82, 2.24) is 10.2 Å². The highest BCUT2D eigenvalue weighted by Crippen LogP contribution is 2.15. The third-order valence-electron chi connectivity index (χ3n) is 2.65. The Morgan fingerprint density at radius 2 is 2.28 bits per heavy atom. The van der Waals surface area contributed by atoms with Crippen LogP contribution in [0.5, 0.6) is 0 Å². The fourth-order valence-corrected chi connectivity index (χ4v) is 2.14. The van der Waals surface area contributed by atoms with E-state index in [2.05, 4.69) is 10.3 Å². The minimum absolute atomic E-state index is 0.166. The summed E-state index contributed by atoms with van der Waals surface area (Å²) in [7, 11) is 0. The van der Waals surface area contributed by atoms with Gasteiger partial charge in [-0.3, -0.25) is 10.3 Å². The van der Waals surface area contributed by atoms with Gasteiger partial charge in [0, 0.05) is 13.1 Å². The average molecular weight is 270 g/mol. The third kappa shape index (κ3) is 4.45. The van der Waals surface area contributed by atoms with Crippen LogP contribution >= 0.6 is 11.8 Å². The second kappa shape index (κ2) is 7.82. The number of aliphatic imine (C=N–C) groups is 1. The number of amides is 1. The van der Waals surface area contributed by atoms with E-state index in [1.807, 2.05) is 12.4 Å². The second-order valence-corrected chi connectivity index (χ2v) is 4.59. The first kappa shape index (κ1) is 14.6. The van der Waals surface area contributed by atoms with E-state index >= 15 is 0 Å². The molecule has 0 aromatic heterocycles. The van der Waals surface area contributed by atoms with Crippen molar-refractivity contribution in [2.45, 2.75) is 25.8 Å². The fourth-order valence-electron chi connectivity index (χ4n) is 1.74. The highest BCUT2D eigenvalue weighted by atomic mass is 32.2. The van der Waals surface area contributed by atoms with Crippen LogP contribution < -0.4 is 5.32 Å². The minimum atomic E-state index is -0.250. The summed E-state index contributed by atoms with van der Waals surface area (Å²) >= 11 is 1.41. The van der Waals surface area contributed by atoms with Crippen LogP contribution in [0.2, 0.25) is 0 Å². The van der Waals surface area contributed by atoms with Gasteiger partial charge in [-0.2, -0.15) is 5.26 Å². The molecule has 1 aliphatic rings. The van der Waals surface area contributed by atoms with Gasteiger partial charge in [-0.05, 0) is 26.0 Å². The maximum Gasteiger partial charge on any atom is 0.409 e. The summed E-state index contributed by atoms with van der Waals surface area (Å²) in [4.78, 5) is 17.6. The Kier molecular flexibility index (Phi) is 6.36. The van der Waals surface area contributed by atoms with Crippen molar-refractivity contribution < 1.29 is 9.53 Å². The molecule has 0 aromatic rings. The number of amidine groups is 1. The van der Waals surface area contributed by atoms with E-state index in [-0.39, 0.29) is 12.1 Å². The molecule has 1 fully saturated rings. The van der Waals surface area contributed by atoms with Crippen molar-refractivity contribution in [3.8, 4) is 6.19 Å². The fraction of sp³-hybridized carbons (Fsp3) is 0.727. The normalized spacial score (nSPS) is 17.2. The molecule has 0 saturated carbocycles. The lowest BCUT2D eigenvalue weighted by molar-refractivity contribution is 0.0975. The molecule has 1 amide bonds. The molecule has 0 atom stereocenters. The maximum atomic E-state index is 11.5. The van der Waals surface area contributed by atoms with Crippen molar-refractivity contribution in [3.05, 3.63) is 0 Å². The summed E-state index contributed by atoms with van der Waals surface area (Å²) in [6.07, 6.45) is 5.09. The molecule has 0 unspecified atom stereocenters. The summed E-state index contributed by atoms with van der Waals surface area (Å²) in [5, 5.41) is 11.7. The molecule has 100 valence electrons. The van der Waals surface area contributed by atoms with Gasteiger partial charge in [0.2, 0.25) is 0 Å². The number of hydrogen-bond acceptors (Lipinski definition) is 5. The first-order chi connectivity index (χ1) is 8.71. The predicted octanol–water partition coefficient (Wildman–Crippen LogP) is 1.40. The molecule has 0 aromatic carbocycles. The second-order valence-electron chi connectivity index (χ2n) is 3.79. The zero-order chi connectivity index (χ0) is 13.4. The van der Waals surface area contributed by atoms with Crippen molar-refractivity contribution in [2.24, 2.45) is 4.99 Å². The van der Waals surface area contributed by atoms with Crippen molar-refractivity contribution in [1.29, 1.82) is 5.26 Å². The SMILES string of the molecule is CCOC(=O)N1CCC(N=C(NC#N)SC)CC1. The van der Waals surface area contributed by atoms with Gasteiger partial charge in [0.1, 0.15) is 0 Å². The maximum absolute atomic E-state index is 11.5. The number of piperidine rings is 1. The van der Waals surface area contributed by atoms with E-state index in [1.54, 1.807) is 11.8 Å². The Morgan fingerprint density at radius 1 is 1.61 bits per heavy atom. The summed E-state index contributed by atoms with van der Waals surface area (Å²) in [5.74, 6) is 0. The van der Waals surface area contributed by atoms with Crippen LogP contribution in [0.15, 0.2) is 4.99 Å². The van der Waals surface area contributed by atoms with Gasteiger partial charge >= 0.3 is 6.09 Å². The molecule has 7 heteroatoms. The number of hydrogen-bond donors (Lipinski definition) is 1. The Balaban J connectivity index is 2.44. The lowest BCUT2D eigenvalue weighted by atomic mass is 10.1. The topological polar surface area (TPSA) is 77.7 Å². The number of ether oxygens (including phenoxy) is 1. The molecule has 1 aliphatic heterocycles. The van der Waals surface area contributed by atoms with E-state index in [4.69, 9.17) is 10.00 Å². The monoisotopic (exact) mass is 270 g/mol. The molecule has 0 aliphatic carbocycles. The van der Waals surface area contributed by atoms with Crippen LogP contribution in [0.25, 0.3) is 0 Å². The van der Waals surface area contributed by atoms with Gasteiger partial charge in [-0.15, -0.1) is 0 Å². The number of nitrogens with one attached hydrogen (secondary N) is 1. The summed E-state index contributed by atoms with van der Waals surface area (Å²) in [5.41, 5.74) is 0.